The third kappa shape index (κ3) is 4.75. The molecule has 156 valence electrons. The number of hydrogen-bond acceptors (Lipinski definition) is 6. The lowest BCUT2D eigenvalue weighted by Crippen LogP contribution is -2.53. The fourth-order valence-corrected chi connectivity index (χ4v) is 3.96. The highest BCUT2D eigenvalue weighted by Gasteiger charge is 2.45. The maximum atomic E-state index is 13.0. The second-order valence-corrected chi connectivity index (χ2v) is 7.45. The van der Waals surface area contributed by atoms with Crippen molar-refractivity contribution in [3.8, 4) is 5.75 Å². The molecular formula is C21H27N3O5. The monoisotopic (exact) mass is 401 g/mol. The van der Waals surface area contributed by atoms with Crippen molar-refractivity contribution in [2.75, 3.05) is 26.8 Å². The van der Waals surface area contributed by atoms with E-state index in [0.717, 1.165) is 11.3 Å². The van der Waals surface area contributed by atoms with E-state index in [0.29, 0.717) is 37.9 Å². The minimum atomic E-state index is -0.825. The molecule has 2 heterocycles. The largest absolute Gasteiger partial charge is 0.497 e. The Balaban J connectivity index is 1.84. The molecule has 0 bridgehead atoms. The van der Waals surface area contributed by atoms with E-state index >= 15 is 0 Å². The number of nitrogens with one attached hydrogen (secondary N) is 1. The zero-order valence-corrected chi connectivity index (χ0v) is 16.9. The Morgan fingerprint density at radius 3 is 2.83 bits per heavy atom. The van der Waals surface area contributed by atoms with Gasteiger partial charge >= 0.3 is 5.97 Å². The van der Waals surface area contributed by atoms with E-state index in [1.807, 2.05) is 24.3 Å². The number of hydrazone groups is 1. The van der Waals surface area contributed by atoms with Gasteiger partial charge < -0.3 is 14.4 Å². The quantitative estimate of drug-likeness (QED) is 0.732. The Bertz CT molecular complexity index is 822. The van der Waals surface area contributed by atoms with Gasteiger partial charge in [0.25, 0.3) is 5.91 Å². The molecule has 1 aromatic carbocycles. The summed E-state index contributed by atoms with van der Waals surface area (Å²) in [4.78, 5) is 38.9. The summed E-state index contributed by atoms with van der Waals surface area (Å²) in [6.45, 7) is 2.87. The molecule has 29 heavy (non-hydrogen) atoms. The molecule has 8 heteroatoms. The molecule has 2 amide bonds. The molecule has 3 rings (SSSR count). The summed E-state index contributed by atoms with van der Waals surface area (Å²) >= 11 is 0. The van der Waals surface area contributed by atoms with Gasteiger partial charge in [-0.25, -0.2) is 5.43 Å². The van der Waals surface area contributed by atoms with Crippen LogP contribution >= 0.6 is 0 Å². The van der Waals surface area contributed by atoms with Crippen molar-refractivity contribution in [2.24, 2.45) is 10.5 Å². The van der Waals surface area contributed by atoms with Gasteiger partial charge in [-0.15, -0.1) is 0 Å². The zero-order valence-electron chi connectivity index (χ0n) is 16.9. The van der Waals surface area contributed by atoms with E-state index in [2.05, 4.69) is 10.5 Å². The Morgan fingerprint density at radius 1 is 1.31 bits per heavy atom. The van der Waals surface area contributed by atoms with Crippen LogP contribution in [0.4, 0.5) is 0 Å². The summed E-state index contributed by atoms with van der Waals surface area (Å²) < 4.78 is 10.7. The highest BCUT2D eigenvalue weighted by molar-refractivity contribution is 6.39. The smallest absolute Gasteiger partial charge is 0.314 e. The van der Waals surface area contributed by atoms with Crippen molar-refractivity contribution in [1.82, 2.24) is 10.3 Å². The van der Waals surface area contributed by atoms with Crippen molar-refractivity contribution in [2.45, 2.75) is 39.0 Å². The van der Waals surface area contributed by atoms with Crippen LogP contribution in [0, 0.1) is 5.41 Å². The van der Waals surface area contributed by atoms with Crippen LogP contribution in [0.1, 0.15) is 38.2 Å². The Morgan fingerprint density at radius 2 is 2.14 bits per heavy atom. The standard InChI is InChI=1S/C21H27N3O5/c1-3-29-20(27)21(13-15-6-4-7-16(12-15)28-2)10-5-11-24(14-21)19(26)17-8-9-18(25)23-22-17/h4,6-7,12H,3,5,8-11,13-14H2,1-2H3,(H,23,25)/t21-/m1/s1. The fourth-order valence-electron chi connectivity index (χ4n) is 3.96. The summed E-state index contributed by atoms with van der Waals surface area (Å²) in [5.41, 5.74) is 2.82. The van der Waals surface area contributed by atoms with Crippen LogP contribution in [-0.4, -0.2) is 55.2 Å². The lowest BCUT2D eigenvalue weighted by molar-refractivity contribution is -0.160. The zero-order chi connectivity index (χ0) is 20.9. The fraction of sp³-hybridized carbons (Fsp3) is 0.524. The number of nitrogens with zero attached hydrogens (tertiary/aromatic N) is 2. The summed E-state index contributed by atoms with van der Waals surface area (Å²) in [5, 5.41) is 3.91. The van der Waals surface area contributed by atoms with E-state index in [1.165, 1.54) is 0 Å². The van der Waals surface area contributed by atoms with Crippen LogP contribution in [-0.2, 0) is 25.5 Å². The van der Waals surface area contributed by atoms with Crippen LogP contribution in [0.2, 0.25) is 0 Å². The highest BCUT2D eigenvalue weighted by Crippen LogP contribution is 2.36. The number of piperidine rings is 1. The van der Waals surface area contributed by atoms with Gasteiger partial charge in [-0.3, -0.25) is 14.4 Å². The maximum absolute atomic E-state index is 13.0. The molecule has 0 aromatic heterocycles. The van der Waals surface area contributed by atoms with E-state index in [9.17, 15) is 14.4 Å². The number of rotatable bonds is 6. The molecule has 2 aliphatic heterocycles. The molecule has 2 aliphatic rings. The molecule has 0 spiro atoms. The van der Waals surface area contributed by atoms with Crippen molar-refractivity contribution < 1.29 is 23.9 Å². The van der Waals surface area contributed by atoms with Crippen LogP contribution < -0.4 is 10.2 Å². The van der Waals surface area contributed by atoms with E-state index in [1.54, 1.807) is 18.9 Å². The van der Waals surface area contributed by atoms with Gasteiger partial charge in [0.05, 0.1) is 19.1 Å². The summed E-state index contributed by atoms with van der Waals surface area (Å²) in [6, 6.07) is 7.60. The first-order valence-electron chi connectivity index (χ1n) is 9.92. The van der Waals surface area contributed by atoms with Crippen molar-refractivity contribution in [3.63, 3.8) is 0 Å². The molecule has 1 saturated heterocycles. The molecule has 8 nitrogen and oxygen atoms in total. The highest BCUT2D eigenvalue weighted by atomic mass is 16.5. The topological polar surface area (TPSA) is 97.3 Å². The predicted octanol–water partition coefficient (Wildman–Crippen LogP) is 1.68. The van der Waals surface area contributed by atoms with Crippen molar-refractivity contribution in [1.29, 1.82) is 0 Å². The summed E-state index contributed by atoms with van der Waals surface area (Å²) in [7, 11) is 1.60. The van der Waals surface area contributed by atoms with Gasteiger partial charge in [0.2, 0.25) is 5.91 Å². The average Bonchev–Trinajstić information content (AvgIpc) is 2.74. The van der Waals surface area contributed by atoms with E-state index in [-0.39, 0.29) is 37.4 Å². The first-order valence-corrected chi connectivity index (χ1v) is 9.92. The Kier molecular flexibility index (Phi) is 6.51. The molecule has 1 atom stereocenters. The number of carbonyl (C=O) groups is 3. The lowest BCUT2D eigenvalue weighted by atomic mass is 9.75. The molecule has 0 radical (unpaired) electrons. The van der Waals surface area contributed by atoms with Gasteiger partial charge in [0.1, 0.15) is 11.5 Å². The van der Waals surface area contributed by atoms with Crippen LogP contribution in [0.3, 0.4) is 0 Å². The van der Waals surface area contributed by atoms with Crippen LogP contribution in [0.15, 0.2) is 29.4 Å². The van der Waals surface area contributed by atoms with Crippen molar-refractivity contribution in [3.05, 3.63) is 29.8 Å². The first kappa shape index (κ1) is 20.8. The predicted molar refractivity (Wildman–Crippen MR) is 106 cm³/mol. The van der Waals surface area contributed by atoms with Crippen LogP contribution in [0.5, 0.6) is 5.75 Å². The molecular weight excluding hydrogens is 374 g/mol. The second-order valence-electron chi connectivity index (χ2n) is 7.45. The van der Waals surface area contributed by atoms with E-state index in [4.69, 9.17) is 9.47 Å². The third-order valence-corrected chi connectivity index (χ3v) is 5.40. The molecule has 0 saturated carbocycles. The number of hydrogen-bond donors (Lipinski definition) is 1. The number of likely N-dealkylation sites (tertiary alicyclic amines) is 1. The Hall–Kier alpha value is -2.90. The van der Waals surface area contributed by atoms with Gasteiger partial charge in [-0.1, -0.05) is 12.1 Å². The molecule has 0 aliphatic carbocycles. The minimum Gasteiger partial charge on any atom is -0.497 e. The number of amides is 2. The average molecular weight is 401 g/mol. The van der Waals surface area contributed by atoms with Gasteiger partial charge in [-0.05, 0) is 43.9 Å². The van der Waals surface area contributed by atoms with Crippen LogP contribution in [0.25, 0.3) is 0 Å². The number of benzene rings is 1. The van der Waals surface area contributed by atoms with Gasteiger partial charge in [0.15, 0.2) is 0 Å². The SMILES string of the molecule is CCOC(=O)[C@@]1(Cc2cccc(OC)c2)CCCN(C(=O)C2=NNC(=O)CC2)C1. The van der Waals surface area contributed by atoms with Gasteiger partial charge in [-0.2, -0.15) is 5.10 Å². The van der Waals surface area contributed by atoms with E-state index < -0.39 is 5.41 Å². The number of methoxy groups -OCH3 is 1. The molecule has 1 aromatic rings. The minimum absolute atomic E-state index is 0.195. The van der Waals surface area contributed by atoms with Crippen molar-refractivity contribution >= 4 is 23.5 Å². The normalized spacial score (nSPS) is 21.8. The van der Waals surface area contributed by atoms with Gasteiger partial charge in [0, 0.05) is 25.9 Å². The first-order chi connectivity index (χ1) is 14.0. The number of esters is 1. The summed E-state index contributed by atoms with van der Waals surface area (Å²) in [6.07, 6.45) is 2.33. The molecule has 1 fully saturated rings. The number of carbonyl (C=O) groups excluding carboxylic acids is 3. The second kappa shape index (κ2) is 9.07. The maximum Gasteiger partial charge on any atom is 0.314 e. The third-order valence-electron chi connectivity index (χ3n) is 5.40. The Labute approximate surface area is 170 Å². The summed E-state index contributed by atoms with van der Waals surface area (Å²) in [5.74, 6) is -0.000126. The molecule has 1 N–H and O–H groups in total. The lowest BCUT2D eigenvalue weighted by Gasteiger charge is -2.41. The number of ether oxygens (including phenoxy) is 2. The molecule has 0 unspecified atom stereocenters.